The fourth-order valence-electron chi connectivity index (χ4n) is 2.79. The Morgan fingerprint density at radius 2 is 2.00 bits per heavy atom. The number of allylic oxidation sites excluding steroid dienone is 1. The van der Waals surface area contributed by atoms with E-state index in [1.54, 1.807) is 36.5 Å². The minimum Gasteiger partial charge on any atom is -0.485 e. The number of hydrogen-bond donors (Lipinski definition) is 2. The smallest absolute Gasteiger partial charge is 0.168 e. The number of hydrogen-bond acceptors (Lipinski definition) is 6. The number of nitriles is 1. The summed E-state index contributed by atoms with van der Waals surface area (Å²) < 4.78 is 5.86. The zero-order chi connectivity index (χ0) is 20.1. The molecular weight excluding hydrogens is 364 g/mol. The predicted octanol–water partition coefficient (Wildman–Crippen LogP) is 3.88. The summed E-state index contributed by atoms with van der Waals surface area (Å²) in [6, 6.07) is 18.6. The molecule has 0 atom stereocenters. The Balaban J connectivity index is 1.44. The Morgan fingerprint density at radius 3 is 2.83 bits per heavy atom. The Hall–Kier alpha value is -4.31. The quantitative estimate of drug-likeness (QED) is 0.493. The van der Waals surface area contributed by atoms with Crippen molar-refractivity contribution < 1.29 is 4.74 Å². The van der Waals surface area contributed by atoms with Gasteiger partial charge in [0.05, 0.1) is 22.9 Å². The van der Waals surface area contributed by atoms with Crippen LogP contribution >= 0.6 is 0 Å². The van der Waals surface area contributed by atoms with Crippen molar-refractivity contribution in [3.05, 3.63) is 89.6 Å². The monoisotopic (exact) mass is 380 g/mol. The first-order valence-electron chi connectivity index (χ1n) is 8.88. The number of aromatic amines is 1. The number of pyridine rings is 1. The first kappa shape index (κ1) is 18.1. The van der Waals surface area contributed by atoms with E-state index in [-0.39, 0.29) is 6.61 Å². The van der Waals surface area contributed by atoms with Crippen LogP contribution in [0.2, 0.25) is 0 Å². The maximum absolute atomic E-state index is 9.02. The van der Waals surface area contributed by atoms with Crippen LogP contribution in [0.4, 0.5) is 0 Å². The zero-order valence-electron chi connectivity index (χ0n) is 15.3. The third-order valence-corrected chi connectivity index (χ3v) is 4.24. The van der Waals surface area contributed by atoms with Gasteiger partial charge in [-0.15, -0.1) is 10.2 Å². The molecule has 2 aromatic carbocycles. The minimum atomic E-state index is 0.204. The van der Waals surface area contributed by atoms with Gasteiger partial charge in [0.2, 0.25) is 0 Å². The van der Waals surface area contributed by atoms with Crippen LogP contribution in [-0.4, -0.2) is 25.9 Å². The van der Waals surface area contributed by atoms with Crippen molar-refractivity contribution in [1.29, 1.82) is 10.7 Å². The first-order valence-corrected chi connectivity index (χ1v) is 8.88. The van der Waals surface area contributed by atoms with Crippen LogP contribution in [0.15, 0.2) is 66.9 Å². The normalized spacial score (nSPS) is 10.9. The highest BCUT2D eigenvalue weighted by Crippen LogP contribution is 2.25. The number of nitrogens with one attached hydrogen (secondary N) is 2. The molecule has 7 nitrogen and oxygen atoms in total. The minimum absolute atomic E-state index is 0.204. The van der Waals surface area contributed by atoms with Crippen molar-refractivity contribution in [2.24, 2.45) is 0 Å². The van der Waals surface area contributed by atoms with Gasteiger partial charge in [-0.1, -0.05) is 30.3 Å². The Bertz CT molecular complexity index is 1240. The molecule has 2 aromatic heterocycles. The highest BCUT2D eigenvalue weighted by atomic mass is 16.5. The molecule has 0 saturated carbocycles. The van der Waals surface area contributed by atoms with Crippen LogP contribution in [0.1, 0.15) is 22.8 Å². The van der Waals surface area contributed by atoms with E-state index in [2.05, 4.69) is 26.2 Å². The maximum atomic E-state index is 9.02. The molecule has 0 saturated heterocycles. The van der Waals surface area contributed by atoms with Gasteiger partial charge >= 0.3 is 0 Å². The topological polar surface area (TPSA) is 111 Å². The van der Waals surface area contributed by atoms with Gasteiger partial charge in [0.25, 0.3) is 0 Å². The maximum Gasteiger partial charge on any atom is 0.168 e. The van der Waals surface area contributed by atoms with Crippen LogP contribution in [-0.2, 0) is 6.61 Å². The highest BCUT2D eigenvalue weighted by molar-refractivity contribution is 6.08. The second-order valence-corrected chi connectivity index (χ2v) is 6.21. The standard InChI is InChI=1S/C22H16N6O/c23-13-15-6-7-17-19(12-15)25-11-10-20(17)29-14-22-26-21(27-28-22)9-8-18(24)16-4-2-1-3-5-16/h1-12,24H,14H2,(H,26,27,28)/b9-8-,24-18?. The highest BCUT2D eigenvalue weighted by Gasteiger charge is 2.07. The van der Waals surface area contributed by atoms with Crippen LogP contribution in [0, 0.1) is 16.7 Å². The lowest BCUT2D eigenvalue weighted by Gasteiger charge is -2.07. The van der Waals surface area contributed by atoms with Crippen molar-refractivity contribution in [1.82, 2.24) is 20.2 Å². The molecule has 0 amide bonds. The second-order valence-electron chi connectivity index (χ2n) is 6.21. The van der Waals surface area contributed by atoms with E-state index >= 15 is 0 Å². The molecule has 0 bridgehead atoms. The first-order chi connectivity index (χ1) is 14.2. The summed E-state index contributed by atoms with van der Waals surface area (Å²) in [6.07, 6.45) is 5.02. The van der Waals surface area contributed by atoms with Crippen LogP contribution in [0.5, 0.6) is 5.75 Å². The second kappa shape index (κ2) is 8.15. The van der Waals surface area contributed by atoms with Crippen molar-refractivity contribution in [2.45, 2.75) is 6.61 Å². The van der Waals surface area contributed by atoms with E-state index in [1.165, 1.54) is 0 Å². The molecule has 0 aliphatic carbocycles. The largest absolute Gasteiger partial charge is 0.485 e. The SMILES string of the molecule is N#Cc1ccc2c(OCc3nnc(/C=C\C(=N)c4ccccc4)[nH]3)ccnc2c1. The fourth-order valence-corrected chi connectivity index (χ4v) is 2.79. The number of ether oxygens (including phenoxy) is 1. The summed E-state index contributed by atoms with van der Waals surface area (Å²) in [4.78, 5) is 7.35. The summed E-state index contributed by atoms with van der Waals surface area (Å²) >= 11 is 0. The number of rotatable bonds is 6. The molecule has 0 unspecified atom stereocenters. The van der Waals surface area contributed by atoms with Gasteiger partial charge in [-0.2, -0.15) is 5.26 Å². The number of benzene rings is 2. The average molecular weight is 380 g/mol. The molecule has 2 N–H and O–H groups in total. The zero-order valence-corrected chi connectivity index (χ0v) is 15.3. The molecular formula is C22H16N6O. The van der Waals surface area contributed by atoms with Crippen molar-refractivity contribution in [3.8, 4) is 11.8 Å². The summed E-state index contributed by atoms with van der Waals surface area (Å²) in [5, 5.41) is 26.1. The van der Waals surface area contributed by atoms with E-state index in [0.29, 0.717) is 34.2 Å². The van der Waals surface area contributed by atoms with Crippen molar-refractivity contribution in [3.63, 3.8) is 0 Å². The van der Waals surface area contributed by atoms with Gasteiger partial charge in [0.15, 0.2) is 11.6 Å². The molecule has 140 valence electrons. The average Bonchev–Trinajstić information content (AvgIpc) is 3.24. The summed E-state index contributed by atoms with van der Waals surface area (Å²) in [5.41, 5.74) is 2.47. The number of H-pyrrole nitrogens is 1. The van der Waals surface area contributed by atoms with Gasteiger partial charge in [-0.05, 0) is 42.0 Å². The van der Waals surface area contributed by atoms with E-state index in [4.69, 9.17) is 15.4 Å². The lowest BCUT2D eigenvalue weighted by molar-refractivity contribution is 0.300. The van der Waals surface area contributed by atoms with Gasteiger partial charge in [0.1, 0.15) is 12.4 Å². The fraction of sp³-hybridized carbons (Fsp3) is 0.0455. The third-order valence-electron chi connectivity index (χ3n) is 4.24. The Morgan fingerprint density at radius 1 is 1.14 bits per heavy atom. The molecule has 0 aliphatic heterocycles. The number of fused-ring (bicyclic) bond motifs is 1. The van der Waals surface area contributed by atoms with E-state index in [0.717, 1.165) is 10.9 Å². The van der Waals surface area contributed by atoms with Crippen molar-refractivity contribution >= 4 is 22.7 Å². The molecule has 7 heteroatoms. The number of nitrogens with zero attached hydrogens (tertiary/aromatic N) is 4. The molecule has 4 aromatic rings. The lowest BCUT2D eigenvalue weighted by atomic mass is 10.1. The van der Waals surface area contributed by atoms with E-state index in [9.17, 15) is 0 Å². The van der Waals surface area contributed by atoms with Crippen LogP contribution in [0.25, 0.3) is 17.0 Å². The third kappa shape index (κ3) is 4.17. The predicted molar refractivity (Wildman–Crippen MR) is 109 cm³/mol. The molecule has 0 aliphatic rings. The van der Waals surface area contributed by atoms with Gasteiger partial charge in [-0.25, -0.2) is 0 Å². The van der Waals surface area contributed by atoms with E-state index in [1.807, 2.05) is 36.4 Å². The Labute approximate surface area is 166 Å². The molecule has 0 radical (unpaired) electrons. The van der Waals surface area contributed by atoms with Gasteiger partial charge in [0, 0.05) is 11.6 Å². The molecule has 29 heavy (non-hydrogen) atoms. The van der Waals surface area contributed by atoms with Crippen molar-refractivity contribution in [2.75, 3.05) is 0 Å². The van der Waals surface area contributed by atoms with Crippen LogP contribution in [0.3, 0.4) is 0 Å². The molecule has 0 fully saturated rings. The van der Waals surface area contributed by atoms with Gasteiger partial charge < -0.3 is 15.1 Å². The van der Waals surface area contributed by atoms with Crippen LogP contribution < -0.4 is 4.74 Å². The molecule has 2 heterocycles. The molecule has 4 rings (SSSR count). The summed E-state index contributed by atoms with van der Waals surface area (Å²) in [6.45, 7) is 0.204. The Kier molecular flexibility index (Phi) is 5.08. The summed E-state index contributed by atoms with van der Waals surface area (Å²) in [7, 11) is 0. The van der Waals surface area contributed by atoms with E-state index < -0.39 is 0 Å². The van der Waals surface area contributed by atoms with Gasteiger partial charge in [-0.3, -0.25) is 4.98 Å². The number of aromatic nitrogens is 4. The summed E-state index contributed by atoms with van der Waals surface area (Å²) in [5.74, 6) is 1.76. The lowest BCUT2D eigenvalue weighted by Crippen LogP contribution is -1.99. The molecule has 0 spiro atoms.